The third kappa shape index (κ3) is 4.40. The van der Waals surface area contributed by atoms with Crippen LogP contribution in [0.5, 0.6) is 0 Å². The van der Waals surface area contributed by atoms with Gasteiger partial charge in [0.1, 0.15) is 0 Å². The minimum Gasteiger partial charge on any atom is -0.383 e. The molecule has 0 aliphatic rings. The van der Waals surface area contributed by atoms with E-state index in [1.165, 1.54) is 7.11 Å². The Bertz CT molecular complexity index is 588. The Morgan fingerprint density at radius 1 is 1.38 bits per heavy atom. The van der Waals surface area contributed by atoms with Gasteiger partial charge in [0.2, 0.25) is 10.0 Å². The Kier molecular flexibility index (Phi) is 5.74. The second kappa shape index (κ2) is 6.73. The summed E-state index contributed by atoms with van der Waals surface area (Å²) in [4.78, 5) is -0.424. The molecule has 0 fully saturated rings. The van der Waals surface area contributed by atoms with Crippen LogP contribution < -0.4 is 10.5 Å². The average molecular weight is 326 g/mol. The lowest BCUT2D eigenvalue weighted by molar-refractivity contribution is -0.138. The molecule has 9 heteroatoms. The van der Waals surface area contributed by atoms with Gasteiger partial charge in [0.25, 0.3) is 0 Å². The van der Waals surface area contributed by atoms with E-state index in [1.54, 1.807) is 0 Å². The van der Waals surface area contributed by atoms with Gasteiger partial charge < -0.3 is 10.5 Å². The second-order valence-electron chi connectivity index (χ2n) is 4.44. The van der Waals surface area contributed by atoms with E-state index in [4.69, 9.17) is 10.5 Å². The zero-order chi connectivity index (χ0) is 16.3. The third-order valence-corrected chi connectivity index (χ3v) is 4.52. The van der Waals surface area contributed by atoms with Crippen molar-refractivity contribution < 1.29 is 26.3 Å². The maximum absolute atomic E-state index is 12.8. The summed E-state index contributed by atoms with van der Waals surface area (Å²) in [6.45, 7) is 1.10. The van der Waals surface area contributed by atoms with Crippen LogP contribution in [-0.4, -0.2) is 34.7 Å². The first-order valence-corrected chi connectivity index (χ1v) is 7.50. The summed E-state index contributed by atoms with van der Waals surface area (Å²) in [5.41, 5.74) is 4.05. The van der Waals surface area contributed by atoms with Crippen LogP contribution in [0.25, 0.3) is 0 Å². The number of rotatable bonds is 6. The van der Waals surface area contributed by atoms with E-state index in [0.717, 1.165) is 25.1 Å². The van der Waals surface area contributed by atoms with Gasteiger partial charge in [-0.15, -0.1) is 0 Å². The topological polar surface area (TPSA) is 81.4 Å². The van der Waals surface area contributed by atoms with Crippen molar-refractivity contribution in [2.24, 2.45) is 5.73 Å². The Morgan fingerprint density at radius 3 is 2.48 bits per heavy atom. The fourth-order valence-corrected chi connectivity index (χ4v) is 3.35. The molecule has 21 heavy (non-hydrogen) atoms. The van der Waals surface area contributed by atoms with Gasteiger partial charge in [-0.05, 0) is 24.6 Å². The maximum atomic E-state index is 12.8. The lowest BCUT2D eigenvalue weighted by Crippen LogP contribution is -2.43. The summed E-state index contributed by atoms with van der Waals surface area (Å²) in [7, 11) is -2.75. The van der Waals surface area contributed by atoms with Crippen LogP contribution in [0.4, 0.5) is 13.2 Å². The third-order valence-electron chi connectivity index (χ3n) is 2.85. The number of sulfonamides is 1. The number of alkyl halides is 3. The Hall–Kier alpha value is -1.16. The number of benzene rings is 1. The van der Waals surface area contributed by atoms with Crippen molar-refractivity contribution in [1.29, 1.82) is 0 Å². The molecule has 1 atom stereocenters. The molecule has 0 saturated carbocycles. The Balaban J connectivity index is 3.21. The molecule has 3 N–H and O–H groups in total. The lowest BCUT2D eigenvalue weighted by atomic mass is 10.1. The van der Waals surface area contributed by atoms with Crippen molar-refractivity contribution in [2.75, 3.05) is 20.3 Å². The molecule has 5 nitrogen and oxygen atoms in total. The number of nitrogens with two attached hydrogens (primary N) is 1. The Labute approximate surface area is 121 Å². The van der Waals surface area contributed by atoms with Crippen LogP contribution in [0.1, 0.15) is 11.1 Å². The molecule has 1 unspecified atom stereocenters. The van der Waals surface area contributed by atoms with Gasteiger partial charge >= 0.3 is 6.18 Å². The number of hydrogen-bond donors (Lipinski definition) is 2. The predicted molar refractivity (Wildman–Crippen MR) is 71.2 cm³/mol. The van der Waals surface area contributed by atoms with E-state index in [2.05, 4.69) is 4.72 Å². The normalized spacial score (nSPS) is 14.2. The number of ether oxygens (including phenoxy) is 1. The molecule has 0 bridgehead atoms. The molecule has 1 aromatic rings. The first kappa shape index (κ1) is 17.9. The maximum Gasteiger partial charge on any atom is 0.416 e. The summed E-state index contributed by atoms with van der Waals surface area (Å²) < 4.78 is 69.8. The fraction of sp³-hybridized carbons (Fsp3) is 0.500. The van der Waals surface area contributed by atoms with E-state index in [1.807, 2.05) is 0 Å². The van der Waals surface area contributed by atoms with Gasteiger partial charge in [0.15, 0.2) is 0 Å². The number of hydrogen-bond acceptors (Lipinski definition) is 4. The highest BCUT2D eigenvalue weighted by Crippen LogP contribution is 2.34. The second-order valence-corrected chi connectivity index (χ2v) is 6.12. The Morgan fingerprint density at radius 2 is 2.00 bits per heavy atom. The van der Waals surface area contributed by atoms with Gasteiger partial charge in [0, 0.05) is 13.7 Å². The molecule has 0 aromatic heterocycles. The van der Waals surface area contributed by atoms with Gasteiger partial charge in [-0.1, -0.05) is 6.07 Å². The molecule has 1 rings (SSSR count). The van der Waals surface area contributed by atoms with Crippen molar-refractivity contribution in [2.45, 2.75) is 24.0 Å². The van der Waals surface area contributed by atoms with Crippen LogP contribution >= 0.6 is 0 Å². The minimum absolute atomic E-state index is 0.0216. The SMILES string of the molecule is COCC(CN)NS(=O)(=O)c1cccc(C(F)(F)F)c1C. The van der Waals surface area contributed by atoms with Crippen molar-refractivity contribution in [3.05, 3.63) is 29.3 Å². The summed E-state index contributed by atoms with van der Waals surface area (Å²) in [5.74, 6) is 0. The quantitative estimate of drug-likeness (QED) is 0.825. The van der Waals surface area contributed by atoms with Crippen molar-refractivity contribution >= 4 is 10.0 Å². The molecule has 0 aliphatic carbocycles. The molecular formula is C12H17F3N2O3S. The van der Waals surface area contributed by atoms with Gasteiger partial charge in [0.05, 0.1) is 23.1 Å². The number of nitrogens with one attached hydrogen (secondary N) is 1. The van der Waals surface area contributed by atoms with Crippen LogP contribution in [-0.2, 0) is 20.9 Å². The summed E-state index contributed by atoms with van der Waals surface area (Å²) in [6, 6.07) is 2.30. The largest absolute Gasteiger partial charge is 0.416 e. The first-order chi connectivity index (χ1) is 9.63. The molecule has 0 heterocycles. The molecule has 0 aliphatic heterocycles. The first-order valence-electron chi connectivity index (χ1n) is 6.01. The highest BCUT2D eigenvalue weighted by Gasteiger charge is 2.34. The molecule has 1 aromatic carbocycles. The molecule has 0 spiro atoms. The molecule has 0 radical (unpaired) electrons. The smallest absolute Gasteiger partial charge is 0.383 e. The zero-order valence-electron chi connectivity index (χ0n) is 11.6. The van der Waals surface area contributed by atoms with Gasteiger partial charge in [-0.2, -0.15) is 13.2 Å². The highest BCUT2D eigenvalue weighted by atomic mass is 32.2. The van der Waals surface area contributed by atoms with E-state index >= 15 is 0 Å². The van der Waals surface area contributed by atoms with E-state index in [-0.39, 0.29) is 18.7 Å². The van der Waals surface area contributed by atoms with Crippen LogP contribution in [0.3, 0.4) is 0 Å². The number of methoxy groups -OCH3 is 1. The monoisotopic (exact) mass is 326 g/mol. The predicted octanol–water partition coefficient (Wildman–Crippen LogP) is 1.27. The van der Waals surface area contributed by atoms with Crippen LogP contribution in [0.15, 0.2) is 23.1 Å². The van der Waals surface area contributed by atoms with E-state index in [0.29, 0.717) is 0 Å². The molecule has 120 valence electrons. The lowest BCUT2D eigenvalue weighted by Gasteiger charge is -2.18. The minimum atomic E-state index is -4.62. The van der Waals surface area contributed by atoms with Crippen molar-refractivity contribution in [3.63, 3.8) is 0 Å². The van der Waals surface area contributed by atoms with Gasteiger partial charge in [-0.3, -0.25) is 0 Å². The molecular weight excluding hydrogens is 309 g/mol. The standard InChI is InChI=1S/C12H17F3N2O3S/c1-8-10(12(13,14)15)4-3-5-11(8)21(18,19)17-9(6-16)7-20-2/h3-5,9,17H,6-7,16H2,1-2H3. The van der Waals surface area contributed by atoms with Crippen molar-refractivity contribution in [1.82, 2.24) is 4.72 Å². The molecule has 0 amide bonds. The zero-order valence-corrected chi connectivity index (χ0v) is 12.4. The summed E-state index contributed by atoms with van der Waals surface area (Å²) in [5, 5.41) is 0. The van der Waals surface area contributed by atoms with E-state index in [9.17, 15) is 21.6 Å². The van der Waals surface area contributed by atoms with Crippen LogP contribution in [0, 0.1) is 6.92 Å². The fourth-order valence-electron chi connectivity index (χ4n) is 1.85. The number of halogens is 3. The van der Waals surface area contributed by atoms with Gasteiger partial charge in [-0.25, -0.2) is 13.1 Å². The molecule has 0 saturated heterocycles. The van der Waals surface area contributed by atoms with E-state index < -0.39 is 32.7 Å². The van der Waals surface area contributed by atoms with Crippen molar-refractivity contribution in [3.8, 4) is 0 Å². The average Bonchev–Trinajstić information content (AvgIpc) is 2.36. The highest BCUT2D eigenvalue weighted by molar-refractivity contribution is 7.89. The summed E-state index contributed by atoms with van der Waals surface area (Å²) in [6.07, 6.45) is -4.62. The van der Waals surface area contributed by atoms with Crippen LogP contribution in [0.2, 0.25) is 0 Å². The summed E-state index contributed by atoms with van der Waals surface area (Å²) >= 11 is 0.